The van der Waals surface area contributed by atoms with E-state index in [0.717, 1.165) is 12.3 Å². The summed E-state index contributed by atoms with van der Waals surface area (Å²) in [6.45, 7) is 4.65. The Bertz CT molecular complexity index is 299. The van der Waals surface area contributed by atoms with Crippen molar-refractivity contribution < 1.29 is 14.7 Å². The van der Waals surface area contributed by atoms with Crippen LogP contribution in [-0.2, 0) is 4.79 Å². The van der Waals surface area contributed by atoms with Gasteiger partial charge in [-0.2, -0.15) is 0 Å². The third kappa shape index (κ3) is 5.94. The van der Waals surface area contributed by atoms with Crippen LogP contribution in [0.15, 0.2) is 0 Å². The first-order valence-electron chi connectivity index (χ1n) is 7.30. The van der Waals surface area contributed by atoms with E-state index in [4.69, 9.17) is 5.11 Å². The van der Waals surface area contributed by atoms with Crippen LogP contribution in [0, 0.1) is 11.8 Å². The van der Waals surface area contributed by atoms with Crippen LogP contribution >= 0.6 is 0 Å². The molecule has 19 heavy (non-hydrogen) atoms. The lowest BCUT2D eigenvalue weighted by atomic mass is 9.81. The van der Waals surface area contributed by atoms with Gasteiger partial charge in [0.15, 0.2) is 0 Å². The van der Waals surface area contributed by atoms with Gasteiger partial charge in [0, 0.05) is 6.54 Å². The Morgan fingerprint density at radius 1 is 1.26 bits per heavy atom. The highest BCUT2D eigenvalue weighted by atomic mass is 16.4. The quantitative estimate of drug-likeness (QED) is 0.693. The summed E-state index contributed by atoms with van der Waals surface area (Å²) >= 11 is 0. The van der Waals surface area contributed by atoms with Gasteiger partial charge in [0.25, 0.3) is 0 Å². The molecule has 110 valence electrons. The van der Waals surface area contributed by atoms with Crippen LogP contribution in [0.2, 0.25) is 0 Å². The Balaban J connectivity index is 2.15. The standard InChI is InChI=1S/C14H26N2O3/c1-3-12(13(17)18)16-14(19)15-9-8-11-6-4-10(2)5-7-11/h10-12H,3-9H2,1-2H3,(H,17,18)(H2,15,16,19)/t10?,11?,12-/m1/s1. The fourth-order valence-electron chi connectivity index (χ4n) is 2.56. The molecule has 1 atom stereocenters. The molecule has 1 aliphatic rings. The summed E-state index contributed by atoms with van der Waals surface area (Å²) in [5, 5.41) is 14.0. The summed E-state index contributed by atoms with van der Waals surface area (Å²) < 4.78 is 0. The molecule has 0 saturated heterocycles. The van der Waals surface area contributed by atoms with Gasteiger partial charge in [-0.15, -0.1) is 0 Å². The first kappa shape index (κ1) is 15.8. The minimum absolute atomic E-state index is 0.376. The monoisotopic (exact) mass is 270 g/mol. The van der Waals surface area contributed by atoms with Crippen molar-refractivity contribution in [2.75, 3.05) is 6.54 Å². The molecule has 0 heterocycles. The normalized spacial score (nSPS) is 24.5. The van der Waals surface area contributed by atoms with Crippen LogP contribution in [0.4, 0.5) is 4.79 Å². The van der Waals surface area contributed by atoms with Crippen LogP contribution in [0.5, 0.6) is 0 Å². The number of carboxylic acids is 1. The van der Waals surface area contributed by atoms with Crippen LogP contribution in [-0.4, -0.2) is 29.7 Å². The number of nitrogens with one attached hydrogen (secondary N) is 2. The number of hydrogen-bond donors (Lipinski definition) is 3. The summed E-state index contributed by atoms with van der Waals surface area (Å²) in [6, 6.07) is -1.17. The summed E-state index contributed by atoms with van der Waals surface area (Å²) in [5.41, 5.74) is 0. The molecular weight excluding hydrogens is 244 g/mol. The molecule has 5 nitrogen and oxygen atoms in total. The summed E-state index contributed by atoms with van der Waals surface area (Å²) in [6.07, 6.45) is 6.45. The Morgan fingerprint density at radius 2 is 1.89 bits per heavy atom. The Hall–Kier alpha value is -1.26. The van der Waals surface area contributed by atoms with E-state index >= 15 is 0 Å². The predicted octanol–water partition coefficient (Wildman–Crippen LogP) is 2.37. The Morgan fingerprint density at radius 3 is 2.42 bits per heavy atom. The minimum Gasteiger partial charge on any atom is -0.480 e. The molecule has 0 aromatic heterocycles. The van der Waals surface area contributed by atoms with Gasteiger partial charge in [-0.1, -0.05) is 39.5 Å². The van der Waals surface area contributed by atoms with Gasteiger partial charge in [0.05, 0.1) is 0 Å². The van der Waals surface area contributed by atoms with Gasteiger partial charge in [-0.25, -0.2) is 9.59 Å². The lowest BCUT2D eigenvalue weighted by molar-refractivity contribution is -0.139. The molecule has 0 spiro atoms. The molecular formula is C14H26N2O3. The number of carbonyl (C=O) groups excluding carboxylic acids is 1. The zero-order chi connectivity index (χ0) is 14.3. The van der Waals surface area contributed by atoms with Crippen molar-refractivity contribution in [1.29, 1.82) is 0 Å². The SMILES string of the molecule is CC[C@@H](NC(=O)NCCC1CCC(C)CC1)C(=O)O. The van der Waals surface area contributed by atoms with Crippen LogP contribution < -0.4 is 10.6 Å². The van der Waals surface area contributed by atoms with Crippen LogP contribution in [0.25, 0.3) is 0 Å². The average molecular weight is 270 g/mol. The topological polar surface area (TPSA) is 78.4 Å². The molecule has 0 aromatic carbocycles. The molecule has 1 rings (SSSR count). The number of rotatable bonds is 6. The molecule has 0 aliphatic heterocycles. The summed E-state index contributed by atoms with van der Waals surface area (Å²) in [5.74, 6) is 0.560. The second-order valence-corrected chi connectivity index (χ2v) is 5.61. The highest BCUT2D eigenvalue weighted by Crippen LogP contribution is 2.29. The van der Waals surface area contributed by atoms with E-state index in [1.807, 2.05) is 0 Å². The lowest BCUT2D eigenvalue weighted by Crippen LogP contribution is -2.46. The molecule has 0 radical (unpaired) electrons. The van der Waals surface area contributed by atoms with Crippen molar-refractivity contribution >= 4 is 12.0 Å². The van der Waals surface area contributed by atoms with E-state index in [0.29, 0.717) is 18.9 Å². The highest BCUT2D eigenvalue weighted by Gasteiger charge is 2.19. The third-order valence-electron chi connectivity index (χ3n) is 3.99. The number of aliphatic carboxylic acids is 1. The van der Waals surface area contributed by atoms with Crippen molar-refractivity contribution in [1.82, 2.24) is 10.6 Å². The Labute approximate surface area is 115 Å². The largest absolute Gasteiger partial charge is 0.480 e. The van der Waals surface area contributed by atoms with E-state index in [1.165, 1.54) is 25.7 Å². The van der Waals surface area contributed by atoms with Crippen molar-refractivity contribution in [2.24, 2.45) is 11.8 Å². The van der Waals surface area contributed by atoms with Crippen molar-refractivity contribution in [3.63, 3.8) is 0 Å². The molecule has 0 aromatic rings. The second kappa shape index (κ2) is 8.02. The fourth-order valence-corrected chi connectivity index (χ4v) is 2.56. The predicted molar refractivity (Wildman–Crippen MR) is 74.0 cm³/mol. The minimum atomic E-state index is -0.987. The number of hydrogen-bond acceptors (Lipinski definition) is 2. The second-order valence-electron chi connectivity index (χ2n) is 5.61. The molecule has 5 heteroatoms. The van der Waals surface area contributed by atoms with Crippen LogP contribution in [0.3, 0.4) is 0 Å². The number of carbonyl (C=O) groups is 2. The third-order valence-corrected chi connectivity index (χ3v) is 3.99. The highest BCUT2D eigenvalue weighted by molar-refractivity contribution is 5.82. The van der Waals surface area contributed by atoms with E-state index in [2.05, 4.69) is 17.6 Å². The number of amides is 2. The van der Waals surface area contributed by atoms with Gasteiger partial charge >= 0.3 is 12.0 Å². The zero-order valence-electron chi connectivity index (χ0n) is 11.9. The van der Waals surface area contributed by atoms with Gasteiger partial charge in [0.1, 0.15) is 6.04 Å². The maximum absolute atomic E-state index is 11.5. The molecule has 0 unspecified atom stereocenters. The van der Waals surface area contributed by atoms with E-state index < -0.39 is 12.0 Å². The fraction of sp³-hybridized carbons (Fsp3) is 0.857. The van der Waals surface area contributed by atoms with E-state index in [9.17, 15) is 9.59 Å². The molecule has 3 N–H and O–H groups in total. The van der Waals surface area contributed by atoms with E-state index in [-0.39, 0.29) is 6.03 Å². The van der Waals surface area contributed by atoms with Crippen LogP contribution in [0.1, 0.15) is 52.4 Å². The summed E-state index contributed by atoms with van der Waals surface area (Å²) in [4.78, 5) is 22.3. The lowest BCUT2D eigenvalue weighted by Gasteiger charge is -2.26. The molecule has 1 fully saturated rings. The maximum Gasteiger partial charge on any atom is 0.326 e. The molecule has 0 bridgehead atoms. The van der Waals surface area contributed by atoms with Gasteiger partial charge in [-0.05, 0) is 24.7 Å². The molecule has 1 aliphatic carbocycles. The summed E-state index contributed by atoms with van der Waals surface area (Å²) in [7, 11) is 0. The van der Waals surface area contributed by atoms with Gasteiger partial charge < -0.3 is 15.7 Å². The zero-order valence-corrected chi connectivity index (χ0v) is 11.9. The molecule has 2 amide bonds. The van der Waals surface area contributed by atoms with Gasteiger partial charge in [-0.3, -0.25) is 0 Å². The molecule has 1 saturated carbocycles. The van der Waals surface area contributed by atoms with Crippen molar-refractivity contribution in [2.45, 2.75) is 58.4 Å². The van der Waals surface area contributed by atoms with Gasteiger partial charge in [0.2, 0.25) is 0 Å². The first-order valence-corrected chi connectivity index (χ1v) is 7.30. The number of carboxylic acid groups (broad SMARTS) is 1. The first-order chi connectivity index (χ1) is 9.02. The smallest absolute Gasteiger partial charge is 0.326 e. The Kier molecular flexibility index (Phi) is 6.67. The van der Waals surface area contributed by atoms with Crippen molar-refractivity contribution in [3.8, 4) is 0 Å². The average Bonchev–Trinajstić information content (AvgIpc) is 2.38. The number of urea groups is 1. The van der Waals surface area contributed by atoms with E-state index in [1.54, 1.807) is 6.92 Å². The van der Waals surface area contributed by atoms with Crippen molar-refractivity contribution in [3.05, 3.63) is 0 Å². The maximum atomic E-state index is 11.5.